The highest BCUT2D eigenvalue weighted by atomic mass is 16.3. The first-order chi connectivity index (χ1) is 11.8. The third kappa shape index (κ3) is 2.40. The molecule has 1 aromatic heterocycles. The molecule has 1 atom stereocenters. The Morgan fingerprint density at radius 3 is 2.71 bits per heavy atom. The first kappa shape index (κ1) is 14.7. The zero-order chi connectivity index (χ0) is 16.5. The second-order valence-corrected chi connectivity index (χ2v) is 6.12. The summed E-state index contributed by atoms with van der Waals surface area (Å²) >= 11 is 0. The highest BCUT2D eigenvalue weighted by Crippen LogP contribution is 2.36. The minimum atomic E-state index is -0.113. The summed E-state index contributed by atoms with van der Waals surface area (Å²) in [7, 11) is 0. The number of nitrogens with zero attached hydrogens (tertiary/aromatic N) is 2. The Balaban J connectivity index is 1.72. The van der Waals surface area contributed by atoms with Gasteiger partial charge in [-0.25, -0.2) is 0 Å². The van der Waals surface area contributed by atoms with Crippen LogP contribution in [0.3, 0.4) is 0 Å². The number of hydrogen-bond donors (Lipinski definition) is 1. The van der Waals surface area contributed by atoms with Gasteiger partial charge in [-0.15, -0.1) is 0 Å². The summed E-state index contributed by atoms with van der Waals surface area (Å²) in [6.07, 6.45) is 5.41. The van der Waals surface area contributed by atoms with Gasteiger partial charge in [-0.3, -0.25) is 9.78 Å². The smallest absolute Gasteiger partial charge is 0.258 e. The van der Waals surface area contributed by atoms with Crippen LogP contribution in [-0.2, 0) is 0 Å². The van der Waals surface area contributed by atoms with E-state index in [9.17, 15) is 9.90 Å². The Kier molecular flexibility index (Phi) is 3.65. The van der Waals surface area contributed by atoms with E-state index in [1.54, 1.807) is 18.5 Å². The SMILES string of the molecule is O=C(c1ccc2ccccc2c1O)N1CCC[C@H]1c1ccncc1. The number of carbonyl (C=O) groups is 1. The van der Waals surface area contributed by atoms with Gasteiger partial charge in [0.2, 0.25) is 0 Å². The summed E-state index contributed by atoms with van der Waals surface area (Å²) in [6.45, 7) is 0.706. The molecule has 1 amide bonds. The number of phenolic OH excluding ortho intramolecular Hbond substituents is 1. The second-order valence-electron chi connectivity index (χ2n) is 6.12. The number of fused-ring (bicyclic) bond motifs is 1. The van der Waals surface area contributed by atoms with Crippen molar-refractivity contribution in [2.24, 2.45) is 0 Å². The zero-order valence-electron chi connectivity index (χ0n) is 13.2. The van der Waals surface area contributed by atoms with E-state index < -0.39 is 0 Å². The first-order valence-corrected chi connectivity index (χ1v) is 8.17. The van der Waals surface area contributed by atoms with Crippen LogP contribution < -0.4 is 0 Å². The molecular formula is C20H18N2O2. The summed E-state index contributed by atoms with van der Waals surface area (Å²) in [4.78, 5) is 19.0. The highest BCUT2D eigenvalue weighted by Gasteiger charge is 2.31. The maximum Gasteiger partial charge on any atom is 0.258 e. The van der Waals surface area contributed by atoms with Crippen molar-refractivity contribution in [3.05, 3.63) is 72.1 Å². The predicted molar refractivity (Wildman–Crippen MR) is 92.9 cm³/mol. The van der Waals surface area contributed by atoms with Gasteiger partial charge < -0.3 is 10.0 Å². The van der Waals surface area contributed by atoms with Gasteiger partial charge in [0.25, 0.3) is 5.91 Å². The van der Waals surface area contributed by atoms with E-state index >= 15 is 0 Å². The van der Waals surface area contributed by atoms with Crippen LogP contribution in [0.25, 0.3) is 10.8 Å². The maximum absolute atomic E-state index is 13.0. The molecule has 4 nitrogen and oxygen atoms in total. The van der Waals surface area contributed by atoms with Gasteiger partial charge >= 0.3 is 0 Å². The Morgan fingerprint density at radius 2 is 1.88 bits per heavy atom. The molecule has 0 unspecified atom stereocenters. The van der Waals surface area contributed by atoms with Crippen molar-refractivity contribution in [2.45, 2.75) is 18.9 Å². The molecule has 1 aliphatic rings. The molecule has 0 saturated carbocycles. The Bertz CT molecular complexity index is 893. The number of aromatic nitrogens is 1. The number of amides is 1. The molecule has 1 fully saturated rings. The van der Waals surface area contributed by atoms with E-state index in [0.29, 0.717) is 17.5 Å². The van der Waals surface area contributed by atoms with Crippen molar-refractivity contribution < 1.29 is 9.90 Å². The molecule has 1 saturated heterocycles. The van der Waals surface area contributed by atoms with Crippen molar-refractivity contribution in [2.75, 3.05) is 6.54 Å². The summed E-state index contributed by atoms with van der Waals surface area (Å²) in [5.74, 6) is -0.0453. The number of carbonyl (C=O) groups excluding carboxylic acids is 1. The summed E-state index contributed by atoms with van der Waals surface area (Å²) in [5, 5.41) is 12.2. The van der Waals surface area contributed by atoms with E-state index in [4.69, 9.17) is 0 Å². The molecule has 2 aromatic carbocycles. The molecule has 1 aliphatic heterocycles. The van der Waals surface area contributed by atoms with Gasteiger partial charge in [0.1, 0.15) is 5.75 Å². The molecular weight excluding hydrogens is 300 g/mol. The van der Waals surface area contributed by atoms with Crippen LogP contribution in [0.2, 0.25) is 0 Å². The Labute approximate surface area is 140 Å². The fraction of sp³-hybridized carbons (Fsp3) is 0.200. The molecule has 0 spiro atoms. The van der Waals surface area contributed by atoms with Crippen molar-refractivity contribution >= 4 is 16.7 Å². The normalized spacial score (nSPS) is 17.3. The van der Waals surface area contributed by atoms with Gasteiger partial charge in [0.05, 0.1) is 11.6 Å². The average molecular weight is 318 g/mol. The molecule has 120 valence electrons. The van der Waals surface area contributed by atoms with E-state index in [0.717, 1.165) is 23.8 Å². The van der Waals surface area contributed by atoms with Crippen LogP contribution in [0.15, 0.2) is 60.9 Å². The summed E-state index contributed by atoms with van der Waals surface area (Å²) < 4.78 is 0. The number of hydrogen-bond acceptors (Lipinski definition) is 3. The largest absolute Gasteiger partial charge is 0.506 e. The average Bonchev–Trinajstić information content (AvgIpc) is 3.12. The number of benzene rings is 2. The Hall–Kier alpha value is -2.88. The molecule has 4 heteroatoms. The number of pyridine rings is 1. The van der Waals surface area contributed by atoms with Gasteiger partial charge in [-0.2, -0.15) is 0 Å². The molecule has 2 heterocycles. The first-order valence-electron chi connectivity index (χ1n) is 8.17. The second kappa shape index (κ2) is 5.96. The van der Waals surface area contributed by atoms with Crippen LogP contribution in [-0.4, -0.2) is 27.4 Å². The van der Waals surface area contributed by atoms with E-state index in [-0.39, 0.29) is 17.7 Å². The fourth-order valence-corrected chi connectivity index (χ4v) is 3.52. The van der Waals surface area contributed by atoms with E-state index in [1.165, 1.54) is 0 Å². The van der Waals surface area contributed by atoms with E-state index in [2.05, 4.69) is 4.98 Å². The monoisotopic (exact) mass is 318 g/mol. The van der Waals surface area contributed by atoms with Crippen LogP contribution >= 0.6 is 0 Å². The quantitative estimate of drug-likeness (QED) is 0.779. The minimum Gasteiger partial charge on any atom is -0.506 e. The van der Waals surface area contributed by atoms with Crippen LogP contribution in [0.4, 0.5) is 0 Å². The molecule has 0 aliphatic carbocycles. The predicted octanol–water partition coefficient (Wildman–Crippen LogP) is 3.92. The zero-order valence-corrected chi connectivity index (χ0v) is 13.2. The van der Waals surface area contributed by atoms with Gasteiger partial charge in [0, 0.05) is 24.3 Å². The van der Waals surface area contributed by atoms with Gasteiger partial charge in [0.15, 0.2) is 0 Å². The van der Waals surface area contributed by atoms with Crippen molar-refractivity contribution in [3.8, 4) is 5.75 Å². The molecule has 24 heavy (non-hydrogen) atoms. The lowest BCUT2D eigenvalue weighted by molar-refractivity contribution is 0.0733. The third-order valence-electron chi connectivity index (χ3n) is 4.74. The molecule has 0 bridgehead atoms. The minimum absolute atomic E-state index is 0.0476. The Morgan fingerprint density at radius 1 is 1.08 bits per heavy atom. The molecule has 4 rings (SSSR count). The topological polar surface area (TPSA) is 53.4 Å². The lowest BCUT2D eigenvalue weighted by atomic mass is 10.0. The standard InChI is InChI=1S/C20H18N2O2/c23-19-16-5-2-1-4-14(16)7-8-17(19)20(24)22-13-3-6-18(22)15-9-11-21-12-10-15/h1-2,4-5,7-12,18,23H,3,6,13H2/t18-/m0/s1. The van der Waals surface area contributed by atoms with Crippen LogP contribution in [0.1, 0.15) is 34.8 Å². The van der Waals surface area contributed by atoms with Crippen LogP contribution in [0.5, 0.6) is 5.75 Å². The third-order valence-corrected chi connectivity index (χ3v) is 4.74. The lowest BCUT2D eigenvalue weighted by Crippen LogP contribution is -2.30. The summed E-state index contributed by atoms with van der Waals surface area (Å²) in [5.41, 5.74) is 1.46. The fourth-order valence-electron chi connectivity index (χ4n) is 3.52. The van der Waals surface area contributed by atoms with Crippen LogP contribution in [0, 0.1) is 0 Å². The van der Waals surface area contributed by atoms with Gasteiger partial charge in [-0.1, -0.05) is 30.3 Å². The number of rotatable bonds is 2. The van der Waals surface area contributed by atoms with Crippen molar-refractivity contribution in [3.63, 3.8) is 0 Å². The molecule has 3 aromatic rings. The highest BCUT2D eigenvalue weighted by molar-refractivity contribution is 6.03. The van der Waals surface area contributed by atoms with Crippen molar-refractivity contribution in [1.29, 1.82) is 0 Å². The number of phenols is 1. The van der Waals surface area contributed by atoms with Crippen molar-refractivity contribution in [1.82, 2.24) is 9.88 Å². The lowest BCUT2D eigenvalue weighted by Gasteiger charge is -2.25. The maximum atomic E-state index is 13.0. The van der Waals surface area contributed by atoms with Gasteiger partial charge in [-0.05, 0) is 42.0 Å². The van der Waals surface area contributed by atoms with E-state index in [1.807, 2.05) is 47.4 Å². The summed E-state index contributed by atoms with van der Waals surface area (Å²) in [6, 6.07) is 15.1. The number of likely N-dealkylation sites (tertiary alicyclic amines) is 1. The number of aromatic hydroxyl groups is 1. The molecule has 0 radical (unpaired) electrons. The molecule has 1 N–H and O–H groups in total.